The first-order valence-electron chi connectivity index (χ1n) is 7.92. The molecule has 0 atom stereocenters. The summed E-state index contributed by atoms with van der Waals surface area (Å²) >= 11 is 1.27. The van der Waals surface area contributed by atoms with E-state index in [4.69, 9.17) is 4.74 Å². The van der Waals surface area contributed by atoms with Crippen LogP contribution in [0.1, 0.15) is 30.4 Å². The number of methoxy groups -OCH3 is 1. The fourth-order valence-electron chi connectivity index (χ4n) is 2.45. The highest BCUT2D eigenvalue weighted by molar-refractivity contribution is 7.16. The van der Waals surface area contributed by atoms with Crippen molar-refractivity contribution in [2.45, 2.75) is 26.4 Å². The highest BCUT2D eigenvalue weighted by Crippen LogP contribution is 2.20. The number of halogens is 1. The highest BCUT2D eigenvalue weighted by Gasteiger charge is 2.14. The van der Waals surface area contributed by atoms with Crippen LogP contribution in [0.15, 0.2) is 35.5 Å². The molecule has 25 heavy (non-hydrogen) atoms. The monoisotopic (exact) mass is 362 g/mol. The number of amides is 1. The van der Waals surface area contributed by atoms with Crippen molar-refractivity contribution in [2.75, 3.05) is 13.7 Å². The summed E-state index contributed by atoms with van der Waals surface area (Å²) in [5, 5.41) is 4.24. The lowest BCUT2D eigenvalue weighted by Crippen LogP contribution is -2.20. The van der Waals surface area contributed by atoms with E-state index in [2.05, 4.69) is 10.1 Å². The summed E-state index contributed by atoms with van der Waals surface area (Å²) in [5.41, 5.74) is 0.703. The molecular weight excluding hydrogens is 343 g/mol. The van der Waals surface area contributed by atoms with E-state index in [9.17, 15) is 9.18 Å². The van der Waals surface area contributed by atoms with Crippen LogP contribution in [0.25, 0.3) is 10.2 Å². The van der Waals surface area contributed by atoms with Gasteiger partial charge in [-0.3, -0.25) is 9.48 Å². The second-order valence-electron chi connectivity index (χ2n) is 5.81. The van der Waals surface area contributed by atoms with Gasteiger partial charge in [0, 0.05) is 25.9 Å². The van der Waals surface area contributed by atoms with Crippen molar-refractivity contribution >= 4 is 27.5 Å². The molecule has 3 aromatic rings. The minimum atomic E-state index is -0.447. The van der Waals surface area contributed by atoms with E-state index in [1.807, 2.05) is 19.9 Å². The van der Waals surface area contributed by atoms with Crippen LogP contribution in [0.2, 0.25) is 0 Å². The van der Waals surface area contributed by atoms with Crippen molar-refractivity contribution in [3.05, 3.63) is 46.8 Å². The Balaban J connectivity index is 2.08. The molecule has 1 amide bonds. The van der Waals surface area contributed by atoms with Crippen molar-refractivity contribution in [1.82, 2.24) is 14.3 Å². The van der Waals surface area contributed by atoms with Crippen molar-refractivity contribution in [3.63, 3.8) is 0 Å². The van der Waals surface area contributed by atoms with Gasteiger partial charge < -0.3 is 9.30 Å². The summed E-state index contributed by atoms with van der Waals surface area (Å²) in [6.45, 7) is 4.76. The van der Waals surface area contributed by atoms with Gasteiger partial charge in [-0.1, -0.05) is 17.4 Å². The van der Waals surface area contributed by atoms with Crippen LogP contribution >= 0.6 is 11.3 Å². The molecule has 0 saturated carbocycles. The predicted octanol–water partition coefficient (Wildman–Crippen LogP) is 3.01. The maximum atomic E-state index is 14.2. The van der Waals surface area contributed by atoms with E-state index in [1.54, 1.807) is 34.7 Å². The van der Waals surface area contributed by atoms with Gasteiger partial charge in [-0.2, -0.15) is 10.1 Å². The van der Waals surface area contributed by atoms with E-state index in [0.29, 0.717) is 23.5 Å². The summed E-state index contributed by atoms with van der Waals surface area (Å²) in [7, 11) is 1.58. The number of carbonyl (C=O) groups excluding carboxylic acids is 1. The molecule has 6 nitrogen and oxygen atoms in total. The molecule has 0 spiro atoms. The summed E-state index contributed by atoms with van der Waals surface area (Å²) in [5.74, 6) is -0.791. The van der Waals surface area contributed by atoms with E-state index in [0.717, 1.165) is 4.70 Å². The van der Waals surface area contributed by atoms with Gasteiger partial charge >= 0.3 is 0 Å². The summed E-state index contributed by atoms with van der Waals surface area (Å²) in [6, 6.07) is 6.65. The van der Waals surface area contributed by atoms with Crippen LogP contribution in [0.4, 0.5) is 4.39 Å². The average Bonchev–Trinajstić information content (AvgIpc) is 3.18. The lowest BCUT2D eigenvalue weighted by atomic mass is 10.3. The highest BCUT2D eigenvalue weighted by atomic mass is 32.1. The summed E-state index contributed by atoms with van der Waals surface area (Å²) in [4.78, 5) is 17.1. The predicted molar refractivity (Wildman–Crippen MR) is 94.2 cm³/mol. The Bertz CT molecular complexity index is 971. The number of benzene rings is 1. The SMILES string of the molecule is COCCn1c(=NC(=O)c2ccn(C(C)C)n2)sc2cccc(F)c21. The lowest BCUT2D eigenvalue weighted by Gasteiger charge is -2.04. The largest absolute Gasteiger partial charge is 0.383 e. The zero-order valence-corrected chi connectivity index (χ0v) is 15.1. The van der Waals surface area contributed by atoms with Crippen molar-refractivity contribution < 1.29 is 13.9 Å². The molecule has 8 heteroatoms. The molecule has 1 aromatic carbocycles. The Morgan fingerprint density at radius 3 is 2.88 bits per heavy atom. The van der Waals surface area contributed by atoms with Gasteiger partial charge in [0.1, 0.15) is 5.82 Å². The van der Waals surface area contributed by atoms with Gasteiger partial charge in [0.05, 0.1) is 16.8 Å². The lowest BCUT2D eigenvalue weighted by molar-refractivity contribution is 0.0991. The minimum Gasteiger partial charge on any atom is -0.383 e. The minimum absolute atomic E-state index is 0.159. The quantitative estimate of drug-likeness (QED) is 0.701. The van der Waals surface area contributed by atoms with Crippen LogP contribution in [0.5, 0.6) is 0 Å². The Hall–Kier alpha value is -2.32. The molecule has 2 aromatic heterocycles. The molecular formula is C17H19FN4O2S. The van der Waals surface area contributed by atoms with Gasteiger partial charge in [-0.25, -0.2) is 4.39 Å². The Labute approximate surface area is 148 Å². The zero-order chi connectivity index (χ0) is 18.0. The van der Waals surface area contributed by atoms with Crippen LogP contribution in [0, 0.1) is 5.82 Å². The molecule has 3 rings (SSSR count). The standard InChI is InChI=1S/C17H19FN4O2S/c1-11(2)22-8-7-13(20-22)16(23)19-17-21(9-10-24-3)15-12(18)5-4-6-14(15)25-17/h4-8,11H,9-10H2,1-3H3. The molecule has 0 aliphatic heterocycles. The fraction of sp³-hybridized carbons (Fsp3) is 0.353. The third kappa shape index (κ3) is 3.54. The second kappa shape index (κ2) is 7.28. The second-order valence-corrected chi connectivity index (χ2v) is 6.82. The van der Waals surface area contributed by atoms with E-state index in [1.165, 1.54) is 17.4 Å². The zero-order valence-electron chi connectivity index (χ0n) is 14.3. The average molecular weight is 362 g/mol. The third-order valence-electron chi connectivity index (χ3n) is 3.72. The topological polar surface area (TPSA) is 61.4 Å². The number of hydrogen-bond donors (Lipinski definition) is 0. The van der Waals surface area contributed by atoms with E-state index in [-0.39, 0.29) is 17.6 Å². The number of para-hydroxylation sites is 1. The van der Waals surface area contributed by atoms with Gasteiger partial charge in [-0.15, -0.1) is 0 Å². The molecule has 0 aliphatic rings. The van der Waals surface area contributed by atoms with Gasteiger partial charge in [0.25, 0.3) is 5.91 Å². The number of ether oxygens (including phenoxy) is 1. The number of nitrogens with zero attached hydrogens (tertiary/aromatic N) is 4. The van der Waals surface area contributed by atoms with Crippen molar-refractivity contribution in [3.8, 4) is 0 Å². The smallest absolute Gasteiger partial charge is 0.300 e. The van der Waals surface area contributed by atoms with E-state index < -0.39 is 5.91 Å². The summed E-state index contributed by atoms with van der Waals surface area (Å²) in [6.07, 6.45) is 1.75. The number of aromatic nitrogens is 3. The van der Waals surface area contributed by atoms with Gasteiger partial charge in [0.15, 0.2) is 10.5 Å². The Morgan fingerprint density at radius 1 is 1.40 bits per heavy atom. The first kappa shape index (κ1) is 17.5. The van der Waals surface area contributed by atoms with E-state index >= 15 is 0 Å². The fourth-order valence-corrected chi connectivity index (χ4v) is 3.51. The van der Waals surface area contributed by atoms with Gasteiger partial charge in [0.2, 0.25) is 0 Å². The Morgan fingerprint density at radius 2 is 2.20 bits per heavy atom. The molecule has 0 unspecified atom stereocenters. The van der Waals surface area contributed by atoms with Gasteiger partial charge in [-0.05, 0) is 32.0 Å². The summed E-state index contributed by atoms with van der Waals surface area (Å²) < 4.78 is 23.4. The van der Waals surface area contributed by atoms with Crippen LogP contribution < -0.4 is 4.80 Å². The number of rotatable bonds is 5. The number of fused-ring (bicyclic) bond motifs is 1. The molecule has 0 saturated heterocycles. The third-order valence-corrected chi connectivity index (χ3v) is 4.77. The molecule has 0 bridgehead atoms. The van der Waals surface area contributed by atoms with Crippen LogP contribution in [0.3, 0.4) is 0 Å². The molecule has 0 radical (unpaired) electrons. The maximum absolute atomic E-state index is 14.2. The number of carbonyl (C=O) groups is 1. The molecule has 0 N–H and O–H groups in total. The number of thiazole rings is 1. The Kier molecular flexibility index (Phi) is 5.10. The molecule has 2 heterocycles. The van der Waals surface area contributed by atoms with Crippen molar-refractivity contribution in [1.29, 1.82) is 0 Å². The van der Waals surface area contributed by atoms with Crippen molar-refractivity contribution in [2.24, 2.45) is 4.99 Å². The molecule has 0 aliphatic carbocycles. The normalized spacial score (nSPS) is 12.4. The van der Waals surface area contributed by atoms with Crippen LogP contribution in [-0.2, 0) is 11.3 Å². The first-order chi connectivity index (χ1) is 12.0. The number of hydrogen-bond acceptors (Lipinski definition) is 4. The molecule has 0 fully saturated rings. The van der Waals surface area contributed by atoms with Crippen LogP contribution in [-0.4, -0.2) is 34.0 Å². The first-order valence-corrected chi connectivity index (χ1v) is 8.74. The molecule has 132 valence electrons. The maximum Gasteiger partial charge on any atom is 0.300 e.